The summed E-state index contributed by atoms with van der Waals surface area (Å²) in [5.41, 5.74) is 2.59. The number of rotatable bonds is 6. The van der Waals surface area contributed by atoms with Crippen LogP contribution < -0.4 is 0 Å². The molecule has 0 saturated heterocycles. The largest absolute Gasteiger partial charge is 0.342 e. The average Bonchev–Trinajstić information content (AvgIpc) is 2.54. The number of likely N-dealkylation sites (N-methyl/N-ethyl adjacent to an activating group) is 1. The Morgan fingerprint density at radius 1 is 1.17 bits per heavy atom. The molecular formula is C17H26N2O3S. The lowest BCUT2D eigenvalue weighted by Crippen LogP contribution is -2.45. The number of sulfonamides is 1. The summed E-state index contributed by atoms with van der Waals surface area (Å²) in [6.45, 7) is 4.36. The van der Waals surface area contributed by atoms with Gasteiger partial charge in [-0.3, -0.25) is 4.79 Å². The van der Waals surface area contributed by atoms with Gasteiger partial charge < -0.3 is 4.90 Å². The standard InChI is InChI=1S/C17H26N2O3S/c1-4-19(5-2)23(21,22)13-17(20)18(3)16-11-10-14-8-6-7-9-15(14)12-16/h6-9,16H,4-5,10-13H2,1-3H3. The Hall–Kier alpha value is -1.40. The third-order valence-corrected chi connectivity index (χ3v) is 6.58. The Bertz CT molecular complexity index is 654. The van der Waals surface area contributed by atoms with E-state index in [1.165, 1.54) is 15.4 Å². The third kappa shape index (κ3) is 4.12. The van der Waals surface area contributed by atoms with Crippen molar-refractivity contribution in [3.63, 3.8) is 0 Å². The van der Waals surface area contributed by atoms with Gasteiger partial charge in [0, 0.05) is 26.2 Å². The molecule has 1 unspecified atom stereocenters. The van der Waals surface area contributed by atoms with E-state index >= 15 is 0 Å². The predicted molar refractivity (Wildman–Crippen MR) is 91.7 cm³/mol. The van der Waals surface area contributed by atoms with Crippen molar-refractivity contribution in [3.8, 4) is 0 Å². The fourth-order valence-electron chi connectivity index (χ4n) is 3.18. The Kier molecular flexibility index (Phi) is 5.81. The number of aryl methyl sites for hydroxylation is 1. The number of nitrogens with zero attached hydrogens (tertiary/aromatic N) is 2. The van der Waals surface area contributed by atoms with Crippen LogP contribution in [0.3, 0.4) is 0 Å². The minimum Gasteiger partial charge on any atom is -0.342 e. The second kappa shape index (κ2) is 7.45. The van der Waals surface area contributed by atoms with E-state index in [1.54, 1.807) is 25.8 Å². The zero-order valence-corrected chi connectivity index (χ0v) is 15.0. The number of benzene rings is 1. The van der Waals surface area contributed by atoms with Gasteiger partial charge in [0.2, 0.25) is 15.9 Å². The van der Waals surface area contributed by atoms with Crippen LogP contribution in [0.15, 0.2) is 24.3 Å². The van der Waals surface area contributed by atoms with E-state index in [0.717, 1.165) is 19.3 Å². The number of carbonyl (C=O) groups excluding carboxylic acids is 1. The summed E-state index contributed by atoms with van der Waals surface area (Å²) >= 11 is 0. The van der Waals surface area contributed by atoms with Crippen molar-refractivity contribution in [1.82, 2.24) is 9.21 Å². The first-order valence-corrected chi connectivity index (χ1v) is 9.80. The minimum atomic E-state index is -3.52. The molecule has 0 aliphatic heterocycles. The van der Waals surface area contributed by atoms with Crippen LogP contribution in [0.4, 0.5) is 0 Å². The number of hydrogen-bond donors (Lipinski definition) is 0. The quantitative estimate of drug-likeness (QED) is 0.793. The second-order valence-electron chi connectivity index (χ2n) is 6.01. The van der Waals surface area contributed by atoms with Crippen LogP contribution in [0, 0.1) is 0 Å². The molecule has 1 aliphatic rings. The summed E-state index contributed by atoms with van der Waals surface area (Å²) in [5.74, 6) is -0.759. The highest BCUT2D eigenvalue weighted by Crippen LogP contribution is 2.24. The van der Waals surface area contributed by atoms with Crippen LogP contribution in [0.2, 0.25) is 0 Å². The number of hydrogen-bond acceptors (Lipinski definition) is 3. The maximum atomic E-state index is 12.4. The minimum absolute atomic E-state index is 0.0734. The summed E-state index contributed by atoms with van der Waals surface area (Å²) in [6.07, 6.45) is 2.61. The van der Waals surface area contributed by atoms with Crippen molar-refractivity contribution >= 4 is 15.9 Å². The lowest BCUT2D eigenvalue weighted by molar-refractivity contribution is -0.129. The third-order valence-electron chi connectivity index (χ3n) is 4.67. The van der Waals surface area contributed by atoms with Gasteiger partial charge in [-0.05, 0) is 30.4 Å². The normalized spacial score (nSPS) is 17.8. The summed E-state index contributed by atoms with van der Waals surface area (Å²) in [5, 5.41) is 0. The molecule has 1 amide bonds. The van der Waals surface area contributed by atoms with Crippen molar-refractivity contribution in [2.45, 2.75) is 39.2 Å². The summed E-state index contributed by atoms with van der Waals surface area (Å²) < 4.78 is 25.9. The molecule has 0 radical (unpaired) electrons. The van der Waals surface area contributed by atoms with Crippen molar-refractivity contribution in [1.29, 1.82) is 0 Å². The van der Waals surface area contributed by atoms with Crippen LogP contribution in [0.1, 0.15) is 31.4 Å². The van der Waals surface area contributed by atoms with Crippen molar-refractivity contribution in [2.24, 2.45) is 0 Å². The smallest absolute Gasteiger partial charge is 0.239 e. The van der Waals surface area contributed by atoms with Crippen LogP contribution in [0.5, 0.6) is 0 Å². The molecule has 1 aliphatic carbocycles. The zero-order chi connectivity index (χ0) is 17.0. The molecule has 23 heavy (non-hydrogen) atoms. The van der Waals surface area contributed by atoms with Crippen molar-refractivity contribution < 1.29 is 13.2 Å². The van der Waals surface area contributed by atoms with Crippen molar-refractivity contribution in [2.75, 3.05) is 25.9 Å². The fourth-order valence-corrected chi connectivity index (χ4v) is 4.66. The first-order valence-electron chi connectivity index (χ1n) is 8.19. The SMILES string of the molecule is CCN(CC)S(=O)(=O)CC(=O)N(C)C1CCc2ccccc2C1. The zero-order valence-electron chi connectivity index (χ0n) is 14.2. The molecule has 0 aromatic heterocycles. The topological polar surface area (TPSA) is 57.7 Å². The monoisotopic (exact) mass is 338 g/mol. The van der Waals surface area contributed by atoms with E-state index in [2.05, 4.69) is 12.1 Å². The first-order chi connectivity index (χ1) is 10.9. The number of amides is 1. The van der Waals surface area contributed by atoms with Crippen LogP contribution >= 0.6 is 0 Å². The summed E-state index contributed by atoms with van der Waals surface area (Å²) in [6, 6.07) is 8.33. The summed E-state index contributed by atoms with van der Waals surface area (Å²) in [4.78, 5) is 14.0. The molecule has 1 aromatic rings. The van der Waals surface area contributed by atoms with Crippen molar-refractivity contribution in [3.05, 3.63) is 35.4 Å². The Labute approximate surface area is 139 Å². The van der Waals surface area contributed by atoms with E-state index in [9.17, 15) is 13.2 Å². The van der Waals surface area contributed by atoms with E-state index in [0.29, 0.717) is 13.1 Å². The Balaban J connectivity index is 2.04. The van der Waals surface area contributed by atoms with E-state index in [-0.39, 0.29) is 11.9 Å². The highest BCUT2D eigenvalue weighted by molar-refractivity contribution is 7.89. The molecule has 0 N–H and O–H groups in total. The molecule has 5 nitrogen and oxygen atoms in total. The highest BCUT2D eigenvalue weighted by Gasteiger charge is 2.29. The van der Waals surface area contributed by atoms with E-state index in [1.807, 2.05) is 12.1 Å². The van der Waals surface area contributed by atoms with Gasteiger partial charge in [0.25, 0.3) is 0 Å². The number of fused-ring (bicyclic) bond motifs is 1. The highest BCUT2D eigenvalue weighted by atomic mass is 32.2. The molecule has 0 bridgehead atoms. The van der Waals surface area contributed by atoms with Gasteiger partial charge in [-0.1, -0.05) is 38.1 Å². The molecule has 0 fully saturated rings. The van der Waals surface area contributed by atoms with Gasteiger partial charge >= 0.3 is 0 Å². The van der Waals surface area contributed by atoms with Crippen LogP contribution in [-0.4, -0.2) is 55.5 Å². The lowest BCUT2D eigenvalue weighted by atomic mass is 9.88. The fraction of sp³-hybridized carbons (Fsp3) is 0.588. The molecule has 0 heterocycles. The molecular weight excluding hydrogens is 312 g/mol. The van der Waals surface area contributed by atoms with Gasteiger partial charge in [-0.25, -0.2) is 12.7 Å². The van der Waals surface area contributed by atoms with Gasteiger partial charge in [0.15, 0.2) is 0 Å². The molecule has 1 atom stereocenters. The molecule has 1 aromatic carbocycles. The van der Waals surface area contributed by atoms with E-state index in [4.69, 9.17) is 0 Å². The second-order valence-corrected chi connectivity index (χ2v) is 7.98. The average molecular weight is 338 g/mol. The van der Waals surface area contributed by atoms with Gasteiger partial charge in [0.1, 0.15) is 5.75 Å². The van der Waals surface area contributed by atoms with Crippen LogP contribution in [0.25, 0.3) is 0 Å². The molecule has 0 spiro atoms. The Morgan fingerprint density at radius 2 is 1.78 bits per heavy atom. The van der Waals surface area contributed by atoms with Gasteiger partial charge in [-0.2, -0.15) is 0 Å². The van der Waals surface area contributed by atoms with Crippen LogP contribution in [-0.2, 0) is 27.7 Å². The maximum absolute atomic E-state index is 12.4. The number of carbonyl (C=O) groups is 1. The lowest BCUT2D eigenvalue weighted by Gasteiger charge is -2.33. The van der Waals surface area contributed by atoms with Gasteiger partial charge in [-0.15, -0.1) is 0 Å². The van der Waals surface area contributed by atoms with E-state index < -0.39 is 15.8 Å². The van der Waals surface area contributed by atoms with Gasteiger partial charge in [0.05, 0.1) is 0 Å². The predicted octanol–water partition coefficient (Wildman–Crippen LogP) is 1.67. The maximum Gasteiger partial charge on any atom is 0.239 e. The molecule has 6 heteroatoms. The molecule has 2 rings (SSSR count). The Morgan fingerprint density at radius 3 is 2.39 bits per heavy atom. The summed E-state index contributed by atoms with van der Waals surface area (Å²) in [7, 11) is -1.80. The molecule has 0 saturated carbocycles. The first kappa shape index (κ1) is 17.9. The molecule has 128 valence electrons.